The molecule has 3 aromatic rings. The van der Waals surface area contributed by atoms with E-state index in [1.165, 1.54) is 25.3 Å². The number of methoxy groups -OCH3 is 1. The van der Waals surface area contributed by atoms with Crippen molar-refractivity contribution in [3.05, 3.63) is 53.0 Å². The molecular weight excluding hydrogens is 308 g/mol. The van der Waals surface area contributed by atoms with Gasteiger partial charge in [-0.05, 0) is 24.3 Å². The fourth-order valence-electron chi connectivity index (χ4n) is 2.03. The quantitative estimate of drug-likeness (QED) is 0.765. The summed E-state index contributed by atoms with van der Waals surface area (Å²) in [5.74, 6) is -0.234. The minimum Gasteiger partial charge on any atom is -0.495 e. The van der Waals surface area contributed by atoms with E-state index < -0.39 is 15.8 Å². The van der Waals surface area contributed by atoms with Gasteiger partial charge in [0, 0.05) is 6.07 Å². The van der Waals surface area contributed by atoms with E-state index in [-0.39, 0.29) is 10.5 Å². The van der Waals surface area contributed by atoms with Crippen LogP contribution in [0.2, 0.25) is 0 Å². The Morgan fingerprint density at radius 3 is 2.73 bits per heavy atom. The van der Waals surface area contributed by atoms with E-state index >= 15 is 0 Å². The Labute approximate surface area is 125 Å². The Bertz CT molecular complexity index is 988. The van der Waals surface area contributed by atoms with Gasteiger partial charge in [0.15, 0.2) is 5.58 Å². The minimum atomic E-state index is -3.83. The molecule has 0 saturated carbocycles. The number of oxazole rings is 1. The second kappa shape index (κ2) is 5.23. The summed E-state index contributed by atoms with van der Waals surface area (Å²) in [5.41, 5.74) is 0.926. The number of hydrogen-bond donors (Lipinski definition) is 2. The van der Waals surface area contributed by atoms with Crippen molar-refractivity contribution in [1.29, 1.82) is 0 Å². The van der Waals surface area contributed by atoms with Crippen molar-refractivity contribution >= 4 is 26.8 Å². The number of ether oxygens (including phenoxy) is 1. The lowest BCUT2D eigenvalue weighted by Gasteiger charge is -2.11. The van der Waals surface area contributed by atoms with Gasteiger partial charge in [0.25, 0.3) is 10.0 Å². The molecule has 0 saturated heterocycles. The lowest BCUT2D eigenvalue weighted by Crippen LogP contribution is -2.13. The molecule has 2 N–H and O–H groups in total. The number of para-hydroxylation sites is 2. The normalized spacial score (nSPS) is 11.5. The third-order valence-corrected chi connectivity index (χ3v) is 4.42. The third kappa shape index (κ3) is 2.56. The van der Waals surface area contributed by atoms with Gasteiger partial charge in [-0.3, -0.25) is 9.71 Å². The maximum Gasteiger partial charge on any atom is 0.417 e. The number of aromatic nitrogens is 1. The molecule has 2 aromatic carbocycles. The highest BCUT2D eigenvalue weighted by atomic mass is 32.2. The molecular formula is C14H12N2O5S. The molecule has 1 heterocycles. The van der Waals surface area contributed by atoms with E-state index in [0.717, 1.165) is 0 Å². The Morgan fingerprint density at radius 2 is 1.95 bits per heavy atom. The summed E-state index contributed by atoms with van der Waals surface area (Å²) in [6.45, 7) is 0. The molecule has 0 aliphatic heterocycles. The van der Waals surface area contributed by atoms with E-state index in [1.54, 1.807) is 24.3 Å². The summed E-state index contributed by atoms with van der Waals surface area (Å²) in [4.78, 5) is 13.5. The van der Waals surface area contributed by atoms with Crippen molar-refractivity contribution in [2.45, 2.75) is 4.90 Å². The van der Waals surface area contributed by atoms with Crippen LogP contribution in [0.4, 0.5) is 5.69 Å². The fourth-order valence-corrected chi connectivity index (χ4v) is 3.11. The van der Waals surface area contributed by atoms with Crippen molar-refractivity contribution in [2.75, 3.05) is 11.8 Å². The smallest absolute Gasteiger partial charge is 0.417 e. The summed E-state index contributed by atoms with van der Waals surface area (Å²) in [6, 6.07) is 10.8. The van der Waals surface area contributed by atoms with E-state index in [0.29, 0.717) is 17.0 Å². The highest BCUT2D eigenvalue weighted by Gasteiger charge is 2.17. The van der Waals surface area contributed by atoms with Crippen LogP contribution in [0.5, 0.6) is 5.75 Å². The molecule has 114 valence electrons. The summed E-state index contributed by atoms with van der Waals surface area (Å²) in [5, 5.41) is 0. The van der Waals surface area contributed by atoms with E-state index in [4.69, 9.17) is 9.15 Å². The standard InChI is InChI=1S/C14H12N2O5S/c1-20-12-5-3-2-4-11(12)16-22(18,19)9-6-7-10-13(8-9)21-14(17)15-10/h2-8,16H,1H3,(H,15,17). The zero-order chi connectivity index (χ0) is 15.7. The summed E-state index contributed by atoms with van der Waals surface area (Å²) in [6.07, 6.45) is 0. The summed E-state index contributed by atoms with van der Waals surface area (Å²) in [7, 11) is -2.38. The van der Waals surface area contributed by atoms with Crippen LogP contribution in [-0.2, 0) is 10.0 Å². The molecule has 0 amide bonds. The molecule has 1 aromatic heterocycles. The van der Waals surface area contributed by atoms with Crippen LogP contribution in [0.3, 0.4) is 0 Å². The first-order chi connectivity index (χ1) is 10.5. The largest absolute Gasteiger partial charge is 0.495 e. The number of hydrogen-bond acceptors (Lipinski definition) is 5. The number of sulfonamides is 1. The lowest BCUT2D eigenvalue weighted by atomic mass is 10.3. The fraction of sp³-hybridized carbons (Fsp3) is 0.0714. The number of benzene rings is 2. The van der Waals surface area contributed by atoms with Crippen LogP contribution >= 0.6 is 0 Å². The maximum atomic E-state index is 12.4. The van der Waals surface area contributed by atoms with Crippen LogP contribution in [0, 0.1) is 0 Å². The van der Waals surface area contributed by atoms with Crippen LogP contribution in [0.15, 0.2) is 56.6 Å². The highest BCUT2D eigenvalue weighted by Crippen LogP contribution is 2.26. The molecule has 7 nitrogen and oxygen atoms in total. The summed E-state index contributed by atoms with van der Waals surface area (Å²) < 4.78 is 37.3. The highest BCUT2D eigenvalue weighted by molar-refractivity contribution is 7.92. The minimum absolute atomic E-state index is 0.0198. The first-order valence-electron chi connectivity index (χ1n) is 6.28. The van der Waals surface area contributed by atoms with Gasteiger partial charge < -0.3 is 9.15 Å². The van der Waals surface area contributed by atoms with Gasteiger partial charge in [-0.25, -0.2) is 13.2 Å². The average molecular weight is 320 g/mol. The second-order valence-electron chi connectivity index (χ2n) is 4.48. The van der Waals surface area contributed by atoms with E-state index in [9.17, 15) is 13.2 Å². The molecule has 0 unspecified atom stereocenters. The third-order valence-electron chi connectivity index (χ3n) is 3.05. The number of rotatable bonds is 4. The number of fused-ring (bicyclic) bond motifs is 1. The van der Waals surface area contributed by atoms with Gasteiger partial charge in [-0.1, -0.05) is 12.1 Å². The second-order valence-corrected chi connectivity index (χ2v) is 6.16. The van der Waals surface area contributed by atoms with Gasteiger partial charge in [-0.2, -0.15) is 0 Å². The Morgan fingerprint density at radius 1 is 1.18 bits per heavy atom. The molecule has 8 heteroatoms. The SMILES string of the molecule is COc1ccccc1NS(=O)(=O)c1ccc2[nH]c(=O)oc2c1. The molecule has 0 spiro atoms. The maximum absolute atomic E-state index is 12.4. The summed E-state index contributed by atoms with van der Waals surface area (Å²) >= 11 is 0. The lowest BCUT2D eigenvalue weighted by molar-refractivity contribution is 0.417. The molecule has 22 heavy (non-hydrogen) atoms. The van der Waals surface area contributed by atoms with Crippen molar-refractivity contribution in [2.24, 2.45) is 0 Å². The predicted molar refractivity (Wildman–Crippen MR) is 80.6 cm³/mol. The Balaban J connectivity index is 2.02. The van der Waals surface area contributed by atoms with Crippen LogP contribution in [0.25, 0.3) is 11.1 Å². The van der Waals surface area contributed by atoms with Crippen LogP contribution in [0.1, 0.15) is 0 Å². The molecule has 0 fully saturated rings. The molecule has 3 rings (SSSR count). The van der Waals surface area contributed by atoms with Gasteiger partial charge in [0.2, 0.25) is 0 Å². The van der Waals surface area contributed by atoms with Crippen LogP contribution < -0.4 is 15.2 Å². The number of aromatic amines is 1. The monoisotopic (exact) mass is 320 g/mol. The van der Waals surface area contributed by atoms with E-state index in [2.05, 4.69) is 9.71 Å². The number of anilines is 1. The Hall–Kier alpha value is -2.74. The zero-order valence-electron chi connectivity index (χ0n) is 11.5. The zero-order valence-corrected chi connectivity index (χ0v) is 12.3. The molecule has 0 aliphatic carbocycles. The van der Waals surface area contributed by atoms with Crippen molar-refractivity contribution in [3.8, 4) is 5.75 Å². The van der Waals surface area contributed by atoms with Crippen molar-refractivity contribution < 1.29 is 17.6 Å². The first-order valence-corrected chi connectivity index (χ1v) is 7.76. The van der Waals surface area contributed by atoms with Gasteiger partial charge in [0.05, 0.1) is 23.2 Å². The average Bonchev–Trinajstić information content (AvgIpc) is 2.86. The topological polar surface area (TPSA) is 101 Å². The molecule has 0 aliphatic rings. The van der Waals surface area contributed by atoms with Crippen LogP contribution in [-0.4, -0.2) is 20.5 Å². The van der Waals surface area contributed by atoms with Crippen molar-refractivity contribution in [1.82, 2.24) is 4.98 Å². The molecule has 0 radical (unpaired) electrons. The van der Waals surface area contributed by atoms with E-state index in [1.807, 2.05) is 0 Å². The Kier molecular flexibility index (Phi) is 3.38. The van der Waals surface area contributed by atoms with Crippen molar-refractivity contribution in [3.63, 3.8) is 0 Å². The molecule has 0 atom stereocenters. The molecule has 0 bridgehead atoms. The number of nitrogens with one attached hydrogen (secondary N) is 2. The van der Waals surface area contributed by atoms with Gasteiger partial charge in [-0.15, -0.1) is 0 Å². The first kappa shape index (κ1) is 14.2. The predicted octanol–water partition coefficient (Wildman–Crippen LogP) is 1.93. The van der Waals surface area contributed by atoms with Gasteiger partial charge in [0.1, 0.15) is 5.75 Å². The van der Waals surface area contributed by atoms with Gasteiger partial charge >= 0.3 is 5.76 Å². The number of H-pyrrole nitrogens is 1.